The topological polar surface area (TPSA) is 56.3 Å². The summed E-state index contributed by atoms with van der Waals surface area (Å²) in [6.07, 6.45) is 2.49. The van der Waals surface area contributed by atoms with Gasteiger partial charge in [-0.25, -0.2) is 0 Å². The quantitative estimate of drug-likeness (QED) is 0.868. The largest absolute Gasteiger partial charge is 0.381 e. The minimum Gasteiger partial charge on any atom is -0.381 e. The van der Waals surface area contributed by atoms with Gasteiger partial charge in [0.15, 0.2) is 0 Å². The Kier molecular flexibility index (Phi) is 4.96. The third-order valence-electron chi connectivity index (χ3n) is 4.05. The number of ether oxygens (including phenoxy) is 1. The van der Waals surface area contributed by atoms with Gasteiger partial charge in [-0.15, -0.1) is 0 Å². The number of rotatable bonds is 5. The molecule has 2 rings (SSSR count). The lowest BCUT2D eigenvalue weighted by Crippen LogP contribution is -2.48. The maximum absolute atomic E-state index is 5.92. The molecule has 0 bridgehead atoms. The molecule has 0 spiro atoms. The number of aromatic nitrogens is 2. The number of nitrogens with zero attached hydrogens (tertiary/aromatic N) is 3. The fourth-order valence-electron chi connectivity index (χ4n) is 2.94. The lowest BCUT2D eigenvalue weighted by atomic mass is 9.99. The normalized spacial score (nSPS) is 24.8. The first kappa shape index (κ1) is 14.5. The van der Waals surface area contributed by atoms with Gasteiger partial charge in [0.25, 0.3) is 0 Å². The van der Waals surface area contributed by atoms with Crippen molar-refractivity contribution in [1.82, 2.24) is 14.7 Å². The van der Waals surface area contributed by atoms with Crippen molar-refractivity contribution in [2.75, 3.05) is 20.2 Å². The Morgan fingerprint density at radius 3 is 2.95 bits per heavy atom. The fraction of sp³-hybridized carbons (Fsp3) is 0.786. The predicted octanol–water partition coefficient (Wildman–Crippen LogP) is 1.15. The molecule has 1 aromatic rings. The Balaban J connectivity index is 2.05. The van der Waals surface area contributed by atoms with E-state index in [9.17, 15) is 0 Å². The van der Waals surface area contributed by atoms with Crippen LogP contribution in [0.4, 0.5) is 0 Å². The molecule has 2 unspecified atom stereocenters. The predicted molar refractivity (Wildman–Crippen MR) is 75.9 cm³/mol. The van der Waals surface area contributed by atoms with Gasteiger partial charge in [-0.05, 0) is 32.8 Å². The number of hydrogen-bond acceptors (Lipinski definition) is 4. The Hall–Kier alpha value is -0.910. The van der Waals surface area contributed by atoms with Gasteiger partial charge < -0.3 is 10.5 Å². The van der Waals surface area contributed by atoms with Crippen LogP contribution >= 0.6 is 0 Å². The summed E-state index contributed by atoms with van der Waals surface area (Å²) in [5.41, 5.74) is 8.30. The Morgan fingerprint density at radius 1 is 1.53 bits per heavy atom. The van der Waals surface area contributed by atoms with Gasteiger partial charge in [-0.1, -0.05) is 0 Å². The molecule has 1 aliphatic rings. The van der Waals surface area contributed by atoms with Crippen molar-refractivity contribution in [3.63, 3.8) is 0 Å². The minimum atomic E-state index is 0.364. The molecule has 2 atom stereocenters. The van der Waals surface area contributed by atoms with E-state index in [-0.39, 0.29) is 0 Å². The molecule has 108 valence electrons. The van der Waals surface area contributed by atoms with E-state index in [2.05, 4.69) is 27.7 Å². The van der Waals surface area contributed by atoms with E-state index in [4.69, 9.17) is 10.5 Å². The molecule has 0 amide bonds. The average molecular weight is 266 g/mol. The number of hydrogen-bond donors (Lipinski definition) is 1. The molecule has 0 radical (unpaired) electrons. The molecule has 0 saturated carbocycles. The summed E-state index contributed by atoms with van der Waals surface area (Å²) in [6, 6.07) is 2.60. The van der Waals surface area contributed by atoms with Crippen LogP contribution in [-0.2, 0) is 17.8 Å². The Bertz CT molecular complexity index is 404. The number of aryl methyl sites for hydroxylation is 2. The maximum Gasteiger partial charge on any atom is 0.0599 e. The fourth-order valence-corrected chi connectivity index (χ4v) is 2.94. The molecule has 2 N–H and O–H groups in total. The molecule has 19 heavy (non-hydrogen) atoms. The summed E-state index contributed by atoms with van der Waals surface area (Å²) in [4.78, 5) is 2.47. The van der Waals surface area contributed by atoms with E-state index in [0.717, 1.165) is 38.2 Å². The first-order valence-corrected chi connectivity index (χ1v) is 7.18. The van der Waals surface area contributed by atoms with Crippen molar-refractivity contribution in [1.29, 1.82) is 0 Å². The van der Waals surface area contributed by atoms with E-state index < -0.39 is 0 Å². The van der Waals surface area contributed by atoms with Crippen molar-refractivity contribution >= 4 is 0 Å². The number of nitrogens with two attached hydrogens (primary N) is 1. The second-order valence-corrected chi connectivity index (χ2v) is 5.33. The minimum absolute atomic E-state index is 0.364. The maximum atomic E-state index is 5.92. The molecule has 0 aliphatic carbocycles. The van der Waals surface area contributed by atoms with Crippen LogP contribution in [0, 0.1) is 6.92 Å². The smallest absolute Gasteiger partial charge is 0.0599 e. The van der Waals surface area contributed by atoms with Crippen LogP contribution in [0.25, 0.3) is 0 Å². The van der Waals surface area contributed by atoms with Gasteiger partial charge in [0.05, 0.1) is 17.5 Å². The third-order valence-corrected chi connectivity index (χ3v) is 4.05. The summed E-state index contributed by atoms with van der Waals surface area (Å²) in [7, 11) is 1.80. The molecule has 5 heteroatoms. The van der Waals surface area contributed by atoms with E-state index in [1.165, 1.54) is 5.69 Å². The van der Waals surface area contributed by atoms with Crippen molar-refractivity contribution < 1.29 is 4.74 Å². The van der Waals surface area contributed by atoms with Crippen molar-refractivity contribution in [3.8, 4) is 0 Å². The van der Waals surface area contributed by atoms with Crippen LogP contribution in [0.5, 0.6) is 0 Å². The molecule has 1 saturated heterocycles. The second-order valence-electron chi connectivity index (χ2n) is 5.33. The van der Waals surface area contributed by atoms with E-state index in [1.807, 2.05) is 6.92 Å². The van der Waals surface area contributed by atoms with Gasteiger partial charge in [0.2, 0.25) is 0 Å². The highest BCUT2D eigenvalue weighted by molar-refractivity contribution is 5.09. The summed E-state index contributed by atoms with van der Waals surface area (Å²) in [5, 5.41) is 4.51. The zero-order valence-corrected chi connectivity index (χ0v) is 12.3. The summed E-state index contributed by atoms with van der Waals surface area (Å²) in [5.74, 6) is 0. The molecule has 0 aromatic carbocycles. The molecular weight excluding hydrogens is 240 g/mol. The van der Waals surface area contributed by atoms with Crippen LogP contribution < -0.4 is 5.73 Å². The van der Waals surface area contributed by atoms with E-state index >= 15 is 0 Å². The Morgan fingerprint density at radius 2 is 2.32 bits per heavy atom. The zero-order valence-electron chi connectivity index (χ0n) is 12.3. The molecular formula is C14H26N4O. The molecule has 2 heterocycles. The number of piperidine rings is 1. The van der Waals surface area contributed by atoms with Gasteiger partial charge >= 0.3 is 0 Å². The summed E-state index contributed by atoms with van der Waals surface area (Å²) in [6.45, 7) is 7.78. The first-order chi connectivity index (χ1) is 9.17. The number of methoxy groups -OCH3 is 1. The molecule has 1 aliphatic heterocycles. The highest BCUT2D eigenvalue weighted by Crippen LogP contribution is 2.21. The van der Waals surface area contributed by atoms with E-state index in [1.54, 1.807) is 7.11 Å². The molecule has 5 nitrogen and oxygen atoms in total. The van der Waals surface area contributed by atoms with E-state index in [0.29, 0.717) is 18.7 Å². The summed E-state index contributed by atoms with van der Waals surface area (Å²) < 4.78 is 7.56. The SMILES string of the molecule is CCn1nc(C)cc1CN1CCC(OC)CC1CN. The number of likely N-dealkylation sites (tertiary alicyclic amines) is 1. The second kappa shape index (κ2) is 6.50. The van der Waals surface area contributed by atoms with Gasteiger partial charge in [-0.3, -0.25) is 9.58 Å². The van der Waals surface area contributed by atoms with Gasteiger partial charge in [0, 0.05) is 39.3 Å². The lowest BCUT2D eigenvalue weighted by molar-refractivity contribution is 0.00933. The standard InChI is InChI=1S/C14H26N4O/c1-4-18-13(7-11(2)16-18)10-17-6-5-14(19-3)8-12(17)9-15/h7,12,14H,4-6,8-10,15H2,1-3H3. The van der Waals surface area contributed by atoms with Crippen LogP contribution in [0.15, 0.2) is 6.07 Å². The van der Waals surface area contributed by atoms with Crippen molar-refractivity contribution in [3.05, 3.63) is 17.5 Å². The highest BCUT2D eigenvalue weighted by atomic mass is 16.5. The monoisotopic (exact) mass is 266 g/mol. The Labute approximate surface area is 115 Å². The lowest BCUT2D eigenvalue weighted by Gasteiger charge is -2.38. The van der Waals surface area contributed by atoms with Crippen molar-refractivity contribution in [2.45, 2.75) is 51.9 Å². The zero-order chi connectivity index (χ0) is 13.8. The van der Waals surface area contributed by atoms with Crippen LogP contribution in [-0.4, -0.2) is 47.0 Å². The molecule has 1 aromatic heterocycles. The third kappa shape index (κ3) is 3.35. The summed E-state index contributed by atoms with van der Waals surface area (Å²) >= 11 is 0. The van der Waals surface area contributed by atoms with Gasteiger partial charge in [-0.2, -0.15) is 5.10 Å². The average Bonchev–Trinajstić information content (AvgIpc) is 2.79. The van der Waals surface area contributed by atoms with Crippen LogP contribution in [0.2, 0.25) is 0 Å². The van der Waals surface area contributed by atoms with Gasteiger partial charge in [0.1, 0.15) is 0 Å². The first-order valence-electron chi connectivity index (χ1n) is 7.18. The van der Waals surface area contributed by atoms with Crippen LogP contribution in [0.3, 0.4) is 0 Å². The molecule has 1 fully saturated rings. The van der Waals surface area contributed by atoms with Crippen molar-refractivity contribution in [2.24, 2.45) is 5.73 Å². The van der Waals surface area contributed by atoms with Crippen LogP contribution in [0.1, 0.15) is 31.2 Å². The highest BCUT2D eigenvalue weighted by Gasteiger charge is 2.28.